The van der Waals surface area contributed by atoms with Crippen molar-refractivity contribution in [3.63, 3.8) is 0 Å². The van der Waals surface area contributed by atoms with Crippen molar-refractivity contribution in [3.8, 4) is 0 Å². The fourth-order valence-electron chi connectivity index (χ4n) is 1.05. The Bertz CT molecular complexity index is 328. The first-order valence-corrected chi connectivity index (χ1v) is 5.25. The van der Waals surface area contributed by atoms with Crippen LogP contribution in [0.2, 0.25) is 5.02 Å². The molecule has 1 aromatic rings. The molecule has 0 aromatic heterocycles. The van der Waals surface area contributed by atoms with E-state index in [1.165, 1.54) is 0 Å². The second-order valence-electron chi connectivity index (χ2n) is 3.85. The standard InChI is InChI=1S/C11H12Cl2O/c1-11(2,7-12)10(14)8-3-5-9(13)6-4-8/h3-6H,7H2,1-2H3. The van der Waals surface area contributed by atoms with Crippen LogP contribution in [0.5, 0.6) is 0 Å². The first-order valence-electron chi connectivity index (χ1n) is 4.34. The molecule has 1 rings (SSSR count). The first-order chi connectivity index (χ1) is 6.47. The summed E-state index contributed by atoms with van der Waals surface area (Å²) < 4.78 is 0. The Balaban J connectivity index is 2.96. The van der Waals surface area contributed by atoms with Gasteiger partial charge in [0, 0.05) is 21.9 Å². The van der Waals surface area contributed by atoms with E-state index in [0.717, 1.165) is 0 Å². The van der Waals surface area contributed by atoms with E-state index in [1.54, 1.807) is 24.3 Å². The zero-order valence-corrected chi connectivity index (χ0v) is 9.69. The summed E-state index contributed by atoms with van der Waals surface area (Å²) in [5, 5.41) is 0.630. The first kappa shape index (κ1) is 11.5. The number of hydrogen-bond donors (Lipinski definition) is 0. The largest absolute Gasteiger partial charge is 0.294 e. The Morgan fingerprint density at radius 1 is 1.29 bits per heavy atom. The van der Waals surface area contributed by atoms with Crippen LogP contribution < -0.4 is 0 Å². The number of ketones is 1. The molecule has 1 aromatic carbocycles. The summed E-state index contributed by atoms with van der Waals surface area (Å²) in [5.74, 6) is 0.359. The molecule has 0 unspecified atom stereocenters. The molecule has 0 saturated heterocycles. The third kappa shape index (κ3) is 2.49. The van der Waals surface area contributed by atoms with E-state index in [2.05, 4.69) is 0 Å². The molecule has 0 bridgehead atoms. The summed E-state index contributed by atoms with van der Waals surface area (Å²) in [6, 6.07) is 6.86. The number of benzene rings is 1. The molecule has 0 aliphatic rings. The summed E-state index contributed by atoms with van der Waals surface area (Å²) in [5.41, 5.74) is 0.134. The summed E-state index contributed by atoms with van der Waals surface area (Å²) in [4.78, 5) is 11.9. The molecule has 14 heavy (non-hydrogen) atoms. The van der Waals surface area contributed by atoms with Gasteiger partial charge in [-0.1, -0.05) is 25.4 Å². The fourth-order valence-corrected chi connectivity index (χ4v) is 1.30. The van der Waals surface area contributed by atoms with Gasteiger partial charge in [-0.2, -0.15) is 0 Å². The highest BCUT2D eigenvalue weighted by atomic mass is 35.5. The lowest BCUT2D eigenvalue weighted by atomic mass is 9.86. The zero-order chi connectivity index (χ0) is 10.8. The predicted molar refractivity (Wildman–Crippen MR) is 60.3 cm³/mol. The SMILES string of the molecule is CC(C)(CCl)C(=O)c1ccc(Cl)cc1. The highest BCUT2D eigenvalue weighted by molar-refractivity contribution is 6.30. The van der Waals surface area contributed by atoms with Crippen molar-refractivity contribution in [2.75, 3.05) is 5.88 Å². The topological polar surface area (TPSA) is 17.1 Å². The number of Topliss-reactive ketones (excluding diaryl/α,β-unsaturated/α-hetero) is 1. The molecule has 0 spiro atoms. The maximum atomic E-state index is 11.9. The van der Waals surface area contributed by atoms with E-state index in [-0.39, 0.29) is 5.78 Å². The maximum absolute atomic E-state index is 11.9. The predicted octanol–water partition coefficient (Wildman–Crippen LogP) is 3.79. The van der Waals surface area contributed by atoms with E-state index in [0.29, 0.717) is 16.5 Å². The smallest absolute Gasteiger partial charge is 0.169 e. The average Bonchev–Trinajstić information content (AvgIpc) is 2.18. The molecule has 76 valence electrons. The highest BCUT2D eigenvalue weighted by Gasteiger charge is 2.27. The van der Waals surface area contributed by atoms with E-state index < -0.39 is 5.41 Å². The van der Waals surface area contributed by atoms with Crippen LogP contribution in [-0.2, 0) is 0 Å². The van der Waals surface area contributed by atoms with Gasteiger partial charge in [-0.05, 0) is 24.3 Å². The lowest BCUT2D eigenvalue weighted by molar-refractivity contribution is 0.0862. The van der Waals surface area contributed by atoms with Crippen molar-refractivity contribution in [1.29, 1.82) is 0 Å². The molecular weight excluding hydrogens is 219 g/mol. The molecule has 0 atom stereocenters. The van der Waals surface area contributed by atoms with Crippen molar-refractivity contribution >= 4 is 29.0 Å². The summed E-state index contributed by atoms with van der Waals surface area (Å²) in [6.45, 7) is 3.66. The number of hydrogen-bond acceptors (Lipinski definition) is 1. The number of carbonyl (C=O) groups excluding carboxylic acids is 1. The fraction of sp³-hybridized carbons (Fsp3) is 0.364. The summed E-state index contributed by atoms with van der Waals surface area (Å²) in [7, 11) is 0. The molecule has 0 amide bonds. The Hall–Kier alpha value is -0.530. The lowest BCUT2D eigenvalue weighted by Crippen LogP contribution is -2.25. The van der Waals surface area contributed by atoms with Crippen LogP contribution in [0.4, 0.5) is 0 Å². The highest BCUT2D eigenvalue weighted by Crippen LogP contribution is 2.24. The van der Waals surface area contributed by atoms with E-state index in [9.17, 15) is 4.79 Å². The molecule has 1 nitrogen and oxygen atoms in total. The third-order valence-corrected chi connectivity index (χ3v) is 2.98. The quantitative estimate of drug-likeness (QED) is 0.571. The van der Waals surface area contributed by atoms with Gasteiger partial charge in [0.1, 0.15) is 0 Å². The minimum Gasteiger partial charge on any atom is -0.294 e. The monoisotopic (exact) mass is 230 g/mol. The van der Waals surface area contributed by atoms with Crippen LogP contribution >= 0.6 is 23.2 Å². The van der Waals surface area contributed by atoms with Gasteiger partial charge in [-0.3, -0.25) is 4.79 Å². The number of rotatable bonds is 3. The second-order valence-corrected chi connectivity index (χ2v) is 4.56. The Labute approximate surface area is 94.0 Å². The number of carbonyl (C=O) groups is 1. The molecule has 0 fully saturated rings. The van der Waals surface area contributed by atoms with Crippen molar-refractivity contribution in [3.05, 3.63) is 34.9 Å². The number of halogens is 2. The van der Waals surface area contributed by atoms with Gasteiger partial charge in [0.25, 0.3) is 0 Å². The molecule has 0 aliphatic carbocycles. The minimum absolute atomic E-state index is 0.0455. The van der Waals surface area contributed by atoms with Crippen molar-refractivity contribution in [2.45, 2.75) is 13.8 Å². The summed E-state index contributed by atoms with van der Waals surface area (Å²) in [6.07, 6.45) is 0. The van der Waals surface area contributed by atoms with Crippen LogP contribution in [0.15, 0.2) is 24.3 Å². The third-order valence-electron chi connectivity index (χ3n) is 2.06. The second kappa shape index (κ2) is 4.33. The zero-order valence-electron chi connectivity index (χ0n) is 8.18. The normalized spacial score (nSPS) is 11.4. The van der Waals surface area contributed by atoms with Crippen LogP contribution in [0.1, 0.15) is 24.2 Å². The van der Waals surface area contributed by atoms with Crippen LogP contribution in [0, 0.1) is 5.41 Å². The van der Waals surface area contributed by atoms with E-state index in [1.807, 2.05) is 13.8 Å². The van der Waals surface area contributed by atoms with Crippen LogP contribution in [-0.4, -0.2) is 11.7 Å². The molecule has 0 N–H and O–H groups in total. The van der Waals surface area contributed by atoms with Gasteiger partial charge in [-0.25, -0.2) is 0 Å². The van der Waals surface area contributed by atoms with Crippen LogP contribution in [0.3, 0.4) is 0 Å². The van der Waals surface area contributed by atoms with Gasteiger partial charge in [-0.15, -0.1) is 11.6 Å². The van der Waals surface area contributed by atoms with Gasteiger partial charge in [0.2, 0.25) is 0 Å². The van der Waals surface area contributed by atoms with Crippen molar-refractivity contribution in [2.24, 2.45) is 5.41 Å². The molecular formula is C11H12Cl2O. The summed E-state index contributed by atoms with van der Waals surface area (Å²) >= 11 is 11.4. The van der Waals surface area contributed by atoms with E-state index in [4.69, 9.17) is 23.2 Å². The molecule has 0 saturated carbocycles. The molecule has 0 aliphatic heterocycles. The number of alkyl halides is 1. The van der Waals surface area contributed by atoms with Crippen molar-refractivity contribution in [1.82, 2.24) is 0 Å². The minimum atomic E-state index is -0.518. The van der Waals surface area contributed by atoms with Crippen LogP contribution in [0.25, 0.3) is 0 Å². The maximum Gasteiger partial charge on any atom is 0.169 e. The Morgan fingerprint density at radius 3 is 2.21 bits per heavy atom. The molecule has 3 heteroatoms. The van der Waals surface area contributed by atoms with E-state index >= 15 is 0 Å². The van der Waals surface area contributed by atoms with Gasteiger partial charge >= 0.3 is 0 Å². The van der Waals surface area contributed by atoms with Gasteiger partial charge < -0.3 is 0 Å². The molecule has 0 radical (unpaired) electrons. The lowest BCUT2D eigenvalue weighted by Gasteiger charge is -2.19. The Morgan fingerprint density at radius 2 is 1.79 bits per heavy atom. The van der Waals surface area contributed by atoms with Gasteiger partial charge in [0.15, 0.2) is 5.78 Å². The average molecular weight is 231 g/mol. The Kier molecular flexibility index (Phi) is 3.57. The van der Waals surface area contributed by atoms with Gasteiger partial charge in [0.05, 0.1) is 0 Å². The van der Waals surface area contributed by atoms with Crippen molar-refractivity contribution < 1.29 is 4.79 Å². The molecule has 0 heterocycles.